The zero-order chi connectivity index (χ0) is 20.1. The summed E-state index contributed by atoms with van der Waals surface area (Å²) in [5.74, 6) is -1.34. The fraction of sp³-hybridized carbons (Fsp3) is 0.208. The van der Waals surface area contributed by atoms with E-state index in [4.69, 9.17) is 0 Å². The van der Waals surface area contributed by atoms with E-state index >= 15 is 0 Å². The minimum absolute atomic E-state index is 0.0259. The first-order valence-corrected chi connectivity index (χ1v) is 9.26. The second kappa shape index (κ2) is 8.49. The molecule has 4 nitrogen and oxygen atoms in total. The van der Waals surface area contributed by atoms with E-state index in [0.717, 1.165) is 27.6 Å². The van der Waals surface area contributed by atoms with Gasteiger partial charge < -0.3 is 5.32 Å². The highest BCUT2D eigenvalue weighted by molar-refractivity contribution is 5.98. The molecular weight excluding hydrogens is 348 g/mol. The maximum absolute atomic E-state index is 12.7. The number of nitrogens with one attached hydrogen (secondary N) is 1. The van der Waals surface area contributed by atoms with Gasteiger partial charge in [-0.1, -0.05) is 54.6 Å². The van der Waals surface area contributed by atoms with Gasteiger partial charge in [0, 0.05) is 18.5 Å². The van der Waals surface area contributed by atoms with E-state index < -0.39 is 5.92 Å². The molecule has 0 aliphatic rings. The van der Waals surface area contributed by atoms with E-state index in [2.05, 4.69) is 11.4 Å². The summed E-state index contributed by atoms with van der Waals surface area (Å²) in [6.45, 7) is 3.88. The molecule has 3 aromatic carbocycles. The third kappa shape index (κ3) is 4.27. The average molecular weight is 370 g/mol. The van der Waals surface area contributed by atoms with Crippen molar-refractivity contribution in [3.05, 3.63) is 77.4 Å². The molecule has 0 fully saturated rings. The summed E-state index contributed by atoms with van der Waals surface area (Å²) < 4.78 is 0. The van der Waals surface area contributed by atoms with Gasteiger partial charge >= 0.3 is 0 Å². The highest BCUT2D eigenvalue weighted by atomic mass is 16.2. The molecule has 0 aliphatic carbocycles. The number of rotatable bonds is 6. The molecule has 0 saturated carbocycles. The zero-order valence-electron chi connectivity index (χ0n) is 16.0. The zero-order valence-corrected chi connectivity index (χ0v) is 16.0. The second-order valence-corrected chi connectivity index (χ2v) is 6.96. The van der Waals surface area contributed by atoms with Crippen molar-refractivity contribution in [1.29, 1.82) is 5.26 Å². The van der Waals surface area contributed by atoms with Crippen LogP contribution in [0.1, 0.15) is 35.4 Å². The van der Waals surface area contributed by atoms with Crippen LogP contribution >= 0.6 is 0 Å². The number of Topliss-reactive ketones (excluding diaryl/α,β-unsaturated/α-hetero) is 1. The number of hydrogen-bond donors (Lipinski definition) is 1. The lowest BCUT2D eigenvalue weighted by Crippen LogP contribution is -2.17. The van der Waals surface area contributed by atoms with Crippen molar-refractivity contribution in [2.24, 2.45) is 0 Å². The van der Waals surface area contributed by atoms with Crippen LogP contribution in [0.25, 0.3) is 10.8 Å². The fourth-order valence-corrected chi connectivity index (χ4v) is 3.28. The van der Waals surface area contributed by atoms with Crippen molar-refractivity contribution >= 4 is 28.2 Å². The van der Waals surface area contributed by atoms with E-state index in [1.54, 1.807) is 0 Å². The van der Waals surface area contributed by atoms with Crippen LogP contribution in [0, 0.1) is 25.2 Å². The predicted molar refractivity (Wildman–Crippen MR) is 111 cm³/mol. The van der Waals surface area contributed by atoms with Gasteiger partial charge in [0.15, 0.2) is 5.78 Å². The number of hydrogen-bond acceptors (Lipinski definition) is 3. The van der Waals surface area contributed by atoms with E-state index in [1.807, 2.05) is 74.5 Å². The topological polar surface area (TPSA) is 70.0 Å². The minimum Gasteiger partial charge on any atom is -0.326 e. The summed E-state index contributed by atoms with van der Waals surface area (Å²) >= 11 is 0. The van der Waals surface area contributed by atoms with E-state index in [0.29, 0.717) is 5.56 Å². The van der Waals surface area contributed by atoms with Crippen LogP contribution in [0.3, 0.4) is 0 Å². The number of benzene rings is 3. The maximum atomic E-state index is 12.7. The third-order valence-electron chi connectivity index (χ3n) is 4.85. The molecule has 28 heavy (non-hydrogen) atoms. The number of ketones is 1. The Hall–Kier alpha value is -3.45. The largest absolute Gasteiger partial charge is 0.326 e. The number of aryl methyl sites for hydroxylation is 2. The van der Waals surface area contributed by atoms with Gasteiger partial charge in [-0.05, 0) is 47.4 Å². The summed E-state index contributed by atoms with van der Waals surface area (Å²) in [5, 5.41) is 14.3. The first-order valence-electron chi connectivity index (χ1n) is 9.26. The van der Waals surface area contributed by atoms with Crippen molar-refractivity contribution in [3.63, 3.8) is 0 Å². The van der Waals surface area contributed by atoms with Gasteiger partial charge in [-0.2, -0.15) is 5.26 Å². The Bertz CT molecular complexity index is 1070. The summed E-state index contributed by atoms with van der Waals surface area (Å²) in [6, 6.07) is 21.2. The third-order valence-corrected chi connectivity index (χ3v) is 4.85. The van der Waals surface area contributed by atoms with Gasteiger partial charge in [0.1, 0.15) is 5.92 Å². The number of nitriles is 1. The van der Waals surface area contributed by atoms with Gasteiger partial charge in [0.25, 0.3) is 0 Å². The van der Waals surface area contributed by atoms with Crippen LogP contribution in [-0.2, 0) is 9.59 Å². The van der Waals surface area contributed by atoms with Crippen molar-refractivity contribution in [2.75, 3.05) is 5.32 Å². The lowest BCUT2D eigenvalue weighted by Gasteiger charge is -2.12. The predicted octanol–water partition coefficient (Wildman–Crippen LogP) is 5.05. The van der Waals surface area contributed by atoms with Gasteiger partial charge in [-0.15, -0.1) is 0 Å². The molecule has 0 heterocycles. The van der Waals surface area contributed by atoms with Crippen LogP contribution in [0.15, 0.2) is 60.7 Å². The lowest BCUT2D eigenvalue weighted by atomic mass is 9.89. The van der Waals surface area contributed by atoms with Gasteiger partial charge in [0.05, 0.1) is 6.07 Å². The molecule has 0 spiro atoms. The molecule has 0 saturated heterocycles. The van der Waals surface area contributed by atoms with E-state index in [-0.39, 0.29) is 24.5 Å². The van der Waals surface area contributed by atoms with Gasteiger partial charge in [-0.25, -0.2) is 0 Å². The Labute approximate surface area is 164 Å². The van der Waals surface area contributed by atoms with Gasteiger partial charge in [-0.3, -0.25) is 9.59 Å². The SMILES string of the molecule is Cc1ccc(C)c(NC(=O)CCC(=O)[C@H](C#N)c2cccc3ccccc23)c1. The van der Waals surface area contributed by atoms with Crippen molar-refractivity contribution in [3.8, 4) is 6.07 Å². The molecule has 0 aliphatic heterocycles. The number of carbonyl (C=O) groups excluding carboxylic acids is 2. The highest BCUT2D eigenvalue weighted by Crippen LogP contribution is 2.27. The molecular formula is C24H22N2O2. The number of amides is 1. The number of fused-ring (bicyclic) bond motifs is 1. The first kappa shape index (κ1) is 19.3. The van der Waals surface area contributed by atoms with E-state index in [1.165, 1.54) is 0 Å². The molecule has 0 aromatic heterocycles. The fourth-order valence-electron chi connectivity index (χ4n) is 3.28. The second-order valence-electron chi connectivity index (χ2n) is 6.96. The van der Waals surface area contributed by atoms with Gasteiger partial charge in [0.2, 0.25) is 5.91 Å². The standard InChI is InChI=1S/C24H22N2O2/c1-16-10-11-17(2)22(14-16)26-24(28)13-12-23(27)21(15-25)20-9-5-7-18-6-3-4-8-19(18)20/h3-11,14,21H,12-13H2,1-2H3,(H,26,28)/t21-/m1/s1. The molecule has 0 unspecified atom stereocenters. The Morgan fingerprint density at radius 2 is 1.75 bits per heavy atom. The number of nitrogens with zero attached hydrogens (tertiary/aromatic N) is 1. The molecule has 0 radical (unpaired) electrons. The van der Waals surface area contributed by atoms with Crippen LogP contribution < -0.4 is 5.32 Å². The Morgan fingerprint density at radius 1 is 1.00 bits per heavy atom. The van der Waals surface area contributed by atoms with Crippen LogP contribution in [-0.4, -0.2) is 11.7 Å². The Kier molecular flexibility index (Phi) is 5.86. The molecule has 3 aromatic rings. The molecule has 1 atom stereocenters. The summed E-state index contributed by atoms with van der Waals surface area (Å²) in [6.07, 6.45) is 0.0767. The first-order chi connectivity index (χ1) is 13.5. The smallest absolute Gasteiger partial charge is 0.224 e. The lowest BCUT2D eigenvalue weighted by molar-refractivity contribution is -0.123. The molecule has 1 N–H and O–H groups in total. The molecule has 0 bridgehead atoms. The van der Waals surface area contributed by atoms with Crippen molar-refractivity contribution in [2.45, 2.75) is 32.6 Å². The van der Waals surface area contributed by atoms with Crippen LogP contribution in [0.5, 0.6) is 0 Å². The Balaban J connectivity index is 1.70. The normalized spacial score (nSPS) is 11.6. The van der Waals surface area contributed by atoms with Crippen molar-refractivity contribution in [1.82, 2.24) is 0 Å². The molecule has 1 amide bonds. The van der Waals surface area contributed by atoms with E-state index in [9.17, 15) is 14.9 Å². The average Bonchev–Trinajstić information content (AvgIpc) is 2.70. The summed E-state index contributed by atoms with van der Waals surface area (Å²) in [7, 11) is 0. The maximum Gasteiger partial charge on any atom is 0.224 e. The Morgan fingerprint density at radius 3 is 2.54 bits per heavy atom. The quantitative estimate of drug-likeness (QED) is 0.660. The van der Waals surface area contributed by atoms with Crippen LogP contribution in [0.2, 0.25) is 0 Å². The molecule has 140 valence electrons. The summed E-state index contributed by atoms with van der Waals surface area (Å²) in [5.41, 5.74) is 3.47. The monoisotopic (exact) mass is 370 g/mol. The summed E-state index contributed by atoms with van der Waals surface area (Å²) in [4.78, 5) is 25.0. The van der Waals surface area contributed by atoms with Crippen LogP contribution in [0.4, 0.5) is 5.69 Å². The van der Waals surface area contributed by atoms with Crippen molar-refractivity contribution < 1.29 is 9.59 Å². The number of anilines is 1. The molecule has 3 rings (SSSR count). The number of carbonyl (C=O) groups is 2. The highest BCUT2D eigenvalue weighted by Gasteiger charge is 2.22. The minimum atomic E-state index is -0.875. The molecule has 4 heteroatoms.